The minimum Gasteiger partial charge on any atom is -0.476 e. The first-order chi connectivity index (χ1) is 21.0. The van der Waals surface area contributed by atoms with Crippen LogP contribution in [0.1, 0.15) is 65.5 Å². The lowest BCUT2D eigenvalue weighted by Crippen LogP contribution is -2.14. The highest BCUT2D eigenvalue weighted by Gasteiger charge is 2.30. The van der Waals surface area contributed by atoms with E-state index in [1.807, 2.05) is 30.3 Å². The van der Waals surface area contributed by atoms with Gasteiger partial charge in [0.25, 0.3) is 0 Å². The number of nitrogens with two attached hydrogens (primary N) is 1. The summed E-state index contributed by atoms with van der Waals surface area (Å²) >= 11 is 1.17. The molecule has 226 valence electrons. The molecule has 2 aromatic carbocycles. The van der Waals surface area contributed by atoms with Crippen molar-refractivity contribution in [2.75, 3.05) is 0 Å². The number of carbonyl (C=O) groups is 1. The highest BCUT2D eigenvalue weighted by Crippen LogP contribution is 2.38. The molecular weight excluding hydrogens is 602 g/mol. The van der Waals surface area contributed by atoms with Crippen LogP contribution in [-0.4, -0.2) is 39.2 Å². The van der Waals surface area contributed by atoms with Crippen LogP contribution in [0.2, 0.25) is 0 Å². The Hall–Kier alpha value is -4.26. The standard InChI is InChI=1S/C32H30FN5O4S2/c1-18(2)21-9-11-22(12-10-21)25-4-3-5-26(35-25)30-23(14-20-8-13-29(24(33)15-20)44(34,41)42)28(16-19-6-7-19)38(37-30)32-36-27(17-43-32)31(39)40/h3-5,8-13,15,17-19H,6-7,14,16H2,1-2H3,(H,39,40)(H2,34,41,42). The second kappa shape index (κ2) is 11.7. The van der Waals surface area contributed by atoms with Crippen molar-refractivity contribution in [1.82, 2.24) is 19.7 Å². The van der Waals surface area contributed by atoms with Gasteiger partial charge in [0.05, 0.1) is 17.1 Å². The van der Waals surface area contributed by atoms with E-state index < -0.39 is 26.7 Å². The Bertz CT molecular complexity index is 1980. The molecule has 0 saturated heterocycles. The molecule has 12 heteroatoms. The molecule has 6 rings (SSSR count). The SMILES string of the molecule is CC(C)c1ccc(-c2cccc(-c3nn(-c4nc(C(=O)O)cs4)c(CC4CC4)c3Cc3ccc(S(N)(=O)=O)c(F)c3)n2)cc1. The summed E-state index contributed by atoms with van der Waals surface area (Å²) in [5, 5.41) is 21.5. The molecule has 1 aliphatic rings. The number of sulfonamides is 1. The summed E-state index contributed by atoms with van der Waals surface area (Å²) in [6, 6.07) is 17.8. The number of aromatic carboxylic acids is 1. The number of carboxylic acids is 1. The van der Waals surface area contributed by atoms with Gasteiger partial charge >= 0.3 is 5.97 Å². The fourth-order valence-electron chi connectivity index (χ4n) is 5.16. The number of hydrogen-bond acceptors (Lipinski definition) is 7. The first-order valence-corrected chi connectivity index (χ1v) is 16.6. The van der Waals surface area contributed by atoms with Crippen molar-refractivity contribution in [3.8, 4) is 27.8 Å². The zero-order chi connectivity index (χ0) is 31.2. The smallest absolute Gasteiger partial charge is 0.355 e. The van der Waals surface area contributed by atoms with E-state index in [9.17, 15) is 22.7 Å². The average molecular weight is 632 g/mol. The normalized spacial score (nSPS) is 13.5. The van der Waals surface area contributed by atoms with Crippen LogP contribution in [0.5, 0.6) is 0 Å². The lowest BCUT2D eigenvalue weighted by atomic mass is 9.98. The highest BCUT2D eigenvalue weighted by atomic mass is 32.2. The van der Waals surface area contributed by atoms with Crippen LogP contribution in [0.4, 0.5) is 4.39 Å². The van der Waals surface area contributed by atoms with Gasteiger partial charge in [0.2, 0.25) is 15.2 Å². The molecule has 1 aliphatic carbocycles. The number of nitrogens with zero attached hydrogens (tertiary/aromatic N) is 4. The van der Waals surface area contributed by atoms with E-state index in [1.165, 1.54) is 40.5 Å². The second-order valence-electron chi connectivity index (χ2n) is 11.3. The summed E-state index contributed by atoms with van der Waals surface area (Å²) in [5.74, 6) is -1.24. The van der Waals surface area contributed by atoms with Crippen molar-refractivity contribution in [1.29, 1.82) is 0 Å². The van der Waals surface area contributed by atoms with E-state index in [0.717, 1.165) is 35.4 Å². The summed E-state index contributed by atoms with van der Waals surface area (Å²) in [6.07, 6.45) is 3.00. The van der Waals surface area contributed by atoms with E-state index in [0.29, 0.717) is 40.3 Å². The van der Waals surface area contributed by atoms with Gasteiger partial charge in [-0.2, -0.15) is 5.10 Å². The molecule has 0 spiro atoms. The van der Waals surface area contributed by atoms with E-state index in [1.54, 1.807) is 4.68 Å². The number of benzene rings is 2. The van der Waals surface area contributed by atoms with Gasteiger partial charge in [-0.05, 0) is 66.5 Å². The third-order valence-corrected chi connectivity index (χ3v) is 9.47. The van der Waals surface area contributed by atoms with Gasteiger partial charge < -0.3 is 5.11 Å². The minimum absolute atomic E-state index is 0.0772. The number of aromatic nitrogens is 4. The van der Waals surface area contributed by atoms with Gasteiger partial charge in [-0.3, -0.25) is 0 Å². The summed E-state index contributed by atoms with van der Waals surface area (Å²) < 4.78 is 40.2. The molecular formula is C32H30FN5O4S2. The molecule has 9 nitrogen and oxygen atoms in total. The number of halogens is 1. The zero-order valence-electron chi connectivity index (χ0n) is 24.1. The van der Waals surface area contributed by atoms with E-state index in [2.05, 4.69) is 31.0 Å². The largest absolute Gasteiger partial charge is 0.476 e. The van der Waals surface area contributed by atoms with Gasteiger partial charge in [-0.15, -0.1) is 11.3 Å². The Morgan fingerprint density at radius 3 is 2.43 bits per heavy atom. The minimum atomic E-state index is -4.22. The fraction of sp³-hybridized carbons (Fsp3) is 0.250. The molecule has 1 fully saturated rings. The Morgan fingerprint density at radius 1 is 1.09 bits per heavy atom. The van der Waals surface area contributed by atoms with Gasteiger partial charge in [0.15, 0.2) is 5.69 Å². The van der Waals surface area contributed by atoms with Gasteiger partial charge in [0.1, 0.15) is 16.4 Å². The first-order valence-electron chi connectivity index (χ1n) is 14.2. The maximum atomic E-state index is 14.9. The number of carboxylic acid groups (broad SMARTS) is 1. The number of thiazole rings is 1. The van der Waals surface area contributed by atoms with Crippen LogP contribution in [-0.2, 0) is 22.9 Å². The van der Waals surface area contributed by atoms with Crippen molar-refractivity contribution < 1.29 is 22.7 Å². The van der Waals surface area contributed by atoms with Crippen molar-refractivity contribution in [3.63, 3.8) is 0 Å². The molecule has 5 aromatic rings. The average Bonchev–Trinajstić information content (AvgIpc) is 3.54. The molecule has 3 aromatic heterocycles. The third kappa shape index (κ3) is 6.19. The number of rotatable bonds is 10. The quantitative estimate of drug-likeness (QED) is 0.187. The molecule has 0 atom stereocenters. The number of primary sulfonamides is 1. The Balaban J connectivity index is 1.50. The number of pyridine rings is 1. The predicted octanol–water partition coefficient (Wildman–Crippen LogP) is 6.21. The van der Waals surface area contributed by atoms with Crippen LogP contribution in [0, 0.1) is 11.7 Å². The molecule has 0 unspecified atom stereocenters. The summed E-state index contributed by atoms with van der Waals surface area (Å²) in [6.45, 7) is 4.28. The highest BCUT2D eigenvalue weighted by molar-refractivity contribution is 7.89. The topological polar surface area (TPSA) is 141 Å². The van der Waals surface area contributed by atoms with Crippen molar-refractivity contribution in [3.05, 3.63) is 99.9 Å². The van der Waals surface area contributed by atoms with E-state index in [-0.39, 0.29) is 12.1 Å². The zero-order valence-corrected chi connectivity index (χ0v) is 25.7. The van der Waals surface area contributed by atoms with Gasteiger partial charge in [0, 0.05) is 22.9 Å². The van der Waals surface area contributed by atoms with E-state index in [4.69, 9.17) is 15.2 Å². The lowest BCUT2D eigenvalue weighted by molar-refractivity contribution is 0.0691. The van der Waals surface area contributed by atoms with Crippen LogP contribution in [0.3, 0.4) is 0 Å². The molecule has 1 saturated carbocycles. The molecule has 0 aliphatic heterocycles. The fourth-order valence-corrected chi connectivity index (χ4v) is 6.52. The Labute approximate surface area is 258 Å². The predicted molar refractivity (Wildman–Crippen MR) is 166 cm³/mol. The Morgan fingerprint density at radius 2 is 1.82 bits per heavy atom. The van der Waals surface area contributed by atoms with Crippen LogP contribution in [0.25, 0.3) is 27.8 Å². The maximum absolute atomic E-state index is 14.9. The van der Waals surface area contributed by atoms with Crippen molar-refractivity contribution in [2.45, 2.75) is 50.3 Å². The molecule has 0 bridgehead atoms. The first kappa shape index (κ1) is 29.8. The maximum Gasteiger partial charge on any atom is 0.355 e. The molecule has 44 heavy (non-hydrogen) atoms. The van der Waals surface area contributed by atoms with Crippen LogP contribution < -0.4 is 5.14 Å². The summed E-state index contributed by atoms with van der Waals surface area (Å²) in [4.78, 5) is 20.4. The van der Waals surface area contributed by atoms with Crippen molar-refractivity contribution in [2.24, 2.45) is 11.1 Å². The van der Waals surface area contributed by atoms with Gasteiger partial charge in [-0.1, -0.05) is 50.2 Å². The lowest BCUT2D eigenvalue weighted by Gasteiger charge is -2.10. The molecule has 3 N–H and O–H groups in total. The van der Waals surface area contributed by atoms with E-state index >= 15 is 0 Å². The van der Waals surface area contributed by atoms with Crippen molar-refractivity contribution >= 4 is 27.3 Å². The van der Waals surface area contributed by atoms with Crippen LogP contribution >= 0.6 is 11.3 Å². The molecule has 0 radical (unpaired) electrons. The third-order valence-electron chi connectivity index (χ3n) is 7.71. The Kier molecular flexibility index (Phi) is 7.91. The van der Waals surface area contributed by atoms with Gasteiger partial charge in [-0.25, -0.2) is 37.4 Å². The molecule has 3 heterocycles. The monoisotopic (exact) mass is 631 g/mol. The number of hydrogen-bond donors (Lipinski definition) is 2. The molecule has 0 amide bonds. The summed E-state index contributed by atoms with van der Waals surface area (Å²) in [5.41, 5.74) is 6.15. The van der Waals surface area contributed by atoms with Crippen LogP contribution in [0.15, 0.2) is 70.9 Å². The summed E-state index contributed by atoms with van der Waals surface area (Å²) in [7, 11) is -4.22. The second-order valence-corrected chi connectivity index (χ2v) is 13.7.